The number of fused-ring (bicyclic) bond motifs is 1. The van der Waals surface area contributed by atoms with E-state index in [0.29, 0.717) is 26.2 Å². The highest BCUT2D eigenvalue weighted by atomic mass is 16.6. The molecule has 0 aliphatic carbocycles. The molecule has 0 atom stereocenters. The molecule has 1 aliphatic heterocycles. The van der Waals surface area contributed by atoms with Gasteiger partial charge >= 0.3 is 6.09 Å². The summed E-state index contributed by atoms with van der Waals surface area (Å²) in [5.74, 6) is 0.846. The lowest BCUT2D eigenvalue weighted by Crippen LogP contribution is -2.42. The third kappa shape index (κ3) is 3.67. The SMILES string of the molecule is CCOC(=O)N1CCC(Nc2nc3ccccc3n2Cc2nc[nH]c2C)CC1. The maximum Gasteiger partial charge on any atom is 0.409 e. The fourth-order valence-electron chi connectivity index (χ4n) is 3.65. The van der Waals surface area contributed by atoms with E-state index < -0.39 is 0 Å². The molecule has 3 heterocycles. The van der Waals surface area contributed by atoms with Crippen molar-refractivity contribution in [3.8, 4) is 0 Å². The van der Waals surface area contributed by atoms with Gasteiger partial charge in [-0.1, -0.05) is 12.1 Å². The Bertz CT molecular complexity index is 955. The predicted octanol–water partition coefficient (Wildman–Crippen LogP) is 3.15. The number of anilines is 1. The van der Waals surface area contributed by atoms with Gasteiger partial charge in [-0.2, -0.15) is 0 Å². The Kier molecular flexibility index (Phi) is 5.18. The Morgan fingerprint density at radius 1 is 1.32 bits per heavy atom. The lowest BCUT2D eigenvalue weighted by atomic mass is 10.1. The van der Waals surface area contributed by atoms with E-state index in [1.165, 1.54) is 0 Å². The van der Waals surface area contributed by atoms with Crippen molar-refractivity contribution in [1.29, 1.82) is 0 Å². The molecule has 1 aliphatic rings. The van der Waals surface area contributed by atoms with Crippen molar-refractivity contribution in [2.24, 2.45) is 0 Å². The second-order valence-corrected chi connectivity index (χ2v) is 7.09. The summed E-state index contributed by atoms with van der Waals surface area (Å²) in [6.45, 7) is 6.30. The van der Waals surface area contributed by atoms with Gasteiger partial charge in [0.1, 0.15) is 0 Å². The van der Waals surface area contributed by atoms with Crippen molar-refractivity contribution in [2.45, 2.75) is 39.3 Å². The first-order chi connectivity index (χ1) is 13.7. The molecule has 0 saturated carbocycles. The second-order valence-electron chi connectivity index (χ2n) is 7.09. The zero-order valence-corrected chi connectivity index (χ0v) is 16.3. The van der Waals surface area contributed by atoms with E-state index in [1.807, 2.05) is 32.0 Å². The van der Waals surface area contributed by atoms with E-state index >= 15 is 0 Å². The zero-order valence-electron chi connectivity index (χ0n) is 16.3. The first-order valence-corrected chi connectivity index (χ1v) is 9.78. The molecule has 2 N–H and O–H groups in total. The van der Waals surface area contributed by atoms with E-state index in [9.17, 15) is 4.79 Å². The number of para-hydroxylation sites is 2. The maximum atomic E-state index is 11.9. The molecule has 0 unspecified atom stereocenters. The van der Waals surface area contributed by atoms with Gasteiger partial charge in [0.15, 0.2) is 0 Å². The molecule has 0 bridgehead atoms. The summed E-state index contributed by atoms with van der Waals surface area (Å²) in [5, 5.41) is 3.60. The summed E-state index contributed by atoms with van der Waals surface area (Å²) < 4.78 is 7.28. The van der Waals surface area contributed by atoms with Gasteiger partial charge in [0.2, 0.25) is 5.95 Å². The standard InChI is InChI=1S/C20H26N6O2/c1-3-28-20(27)25-10-8-15(9-11-25)23-19-24-16-6-4-5-7-18(16)26(19)12-17-14(2)21-13-22-17/h4-7,13,15H,3,8-12H2,1-2H3,(H,21,22)(H,23,24). The van der Waals surface area contributed by atoms with Gasteiger partial charge in [0.05, 0.1) is 36.2 Å². The van der Waals surface area contributed by atoms with Crippen molar-refractivity contribution < 1.29 is 9.53 Å². The van der Waals surface area contributed by atoms with Crippen LogP contribution in [0.15, 0.2) is 30.6 Å². The van der Waals surface area contributed by atoms with Crippen LogP contribution in [0.25, 0.3) is 11.0 Å². The van der Waals surface area contributed by atoms with Crippen LogP contribution >= 0.6 is 0 Å². The van der Waals surface area contributed by atoms with Gasteiger partial charge in [-0.3, -0.25) is 0 Å². The molecule has 0 radical (unpaired) electrons. The van der Waals surface area contributed by atoms with Gasteiger partial charge in [-0.15, -0.1) is 0 Å². The molecule has 2 aromatic heterocycles. The van der Waals surface area contributed by atoms with Gasteiger partial charge in [0, 0.05) is 24.8 Å². The van der Waals surface area contributed by atoms with Gasteiger partial charge in [0.25, 0.3) is 0 Å². The molecular formula is C20H26N6O2. The second kappa shape index (κ2) is 7.92. The molecule has 148 valence electrons. The number of carbonyl (C=O) groups is 1. The van der Waals surface area contributed by atoms with Gasteiger partial charge in [-0.05, 0) is 38.8 Å². The molecule has 3 aromatic rings. The third-order valence-electron chi connectivity index (χ3n) is 5.25. The number of amides is 1. The number of aromatic amines is 1. The fourth-order valence-corrected chi connectivity index (χ4v) is 3.65. The lowest BCUT2D eigenvalue weighted by Gasteiger charge is -2.31. The average molecular weight is 382 g/mol. The smallest absolute Gasteiger partial charge is 0.409 e. The van der Waals surface area contributed by atoms with Crippen LogP contribution in [0.3, 0.4) is 0 Å². The number of nitrogens with zero attached hydrogens (tertiary/aromatic N) is 4. The largest absolute Gasteiger partial charge is 0.450 e. The minimum Gasteiger partial charge on any atom is -0.450 e. The molecule has 8 heteroatoms. The quantitative estimate of drug-likeness (QED) is 0.708. The van der Waals surface area contributed by atoms with E-state index in [1.54, 1.807) is 11.2 Å². The summed E-state index contributed by atoms with van der Waals surface area (Å²) >= 11 is 0. The van der Waals surface area contributed by atoms with Crippen LogP contribution in [0.1, 0.15) is 31.2 Å². The molecule has 1 aromatic carbocycles. The summed E-state index contributed by atoms with van der Waals surface area (Å²) in [5.41, 5.74) is 4.10. The Morgan fingerprint density at radius 3 is 2.82 bits per heavy atom. The van der Waals surface area contributed by atoms with Crippen LogP contribution in [-0.4, -0.2) is 56.3 Å². The van der Waals surface area contributed by atoms with Crippen molar-refractivity contribution >= 4 is 23.1 Å². The number of likely N-dealkylation sites (tertiary alicyclic amines) is 1. The predicted molar refractivity (Wildman–Crippen MR) is 107 cm³/mol. The third-order valence-corrected chi connectivity index (χ3v) is 5.25. The zero-order chi connectivity index (χ0) is 19.5. The summed E-state index contributed by atoms with van der Waals surface area (Å²) in [4.78, 5) is 26.1. The summed E-state index contributed by atoms with van der Waals surface area (Å²) in [6, 6.07) is 8.40. The topological polar surface area (TPSA) is 88.1 Å². The van der Waals surface area contributed by atoms with Crippen LogP contribution < -0.4 is 5.32 Å². The number of rotatable bonds is 5. The highest BCUT2D eigenvalue weighted by Gasteiger charge is 2.25. The number of aryl methyl sites for hydroxylation is 1. The van der Waals surface area contributed by atoms with E-state index in [4.69, 9.17) is 9.72 Å². The maximum absolute atomic E-state index is 11.9. The number of piperidine rings is 1. The first-order valence-electron chi connectivity index (χ1n) is 9.78. The molecular weight excluding hydrogens is 356 g/mol. The number of carbonyl (C=O) groups excluding carboxylic acids is 1. The number of imidazole rings is 2. The van der Waals surface area contributed by atoms with Crippen LogP contribution in [-0.2, 0) is 11.3 Å². The minimum atomic E-state index is -0.220. The molecule has 8 nitrogen and oxygen atoms in total. The van der Waals surface area contributed by atoms with E-state index in [2.05, 4.69) is 25.9 Å². The first kappa shape index (κ1) is 18.3. The van der Waals surface area contributed by atoms with Crippen LogP contribution in [0.2, 0.25) is 0 Å². The molecule has 1 fully saturated rings. The Morgan fingerprint density at radius 2 is 2.11 bits per heavy atom. The molecule has 4 rings (SSSR count). The minimum absolute atomic E-state index is 0.220. The summed E-state index contributed by atoms with van der Waals surface area (Å²) in [6.07, 6.45) is 3.23. The number of hydrogen-bond acceptors (Lipinski definition) is 5. The molecule has 1 saturated heterocycles. The highest BCUT2D eigenvalue weighted by molar-refractivity contribution is 5.78. The van der Waals surface area contributed by atoms with Crippen molar-refractivity contribution in [3.05, 3.63) is 42.0 Å². The highest BCUT2D eigenvalue weighted by Crippen LogP contribution is 2.24. The van der Waals surface area contributed by atoms with Gasteiger partial charge < -0.3 is 24.5 Å². The molecule has 0 spiro atoms. The average Bonchev–Trinajstić information content (AvgIpc) is 3.26. The molecule has 28 heavy (non-hydrogen) atoms. The van der Waals surface area contributed by atoms with E-state index in [0.717, 1.165) is 41.2 Å². The van der Waals surface area contributed by atoms with Crippen LogP contribution in [0.5, 0.6) is 0 Å². The molecule has 1 amide bonds. The fraction of sp³-hybridized carbons (Fsp3) is 0.450. The number of ether oxygens (including phenoxy) is 1. The Labute approximate surface area is 163 Å². The lowest BCUT2D eigenvalue weighted by molar-refractivity contribution is 0.0983. The monoisotopic (exact) mass is 382 g/mol. The number of hydrogen-bond donors (Lipinski definition) is 2. The van der Waals surface area contributed by atoms with Crippen LogP contribution in [0.4, 0.5) is 10.7 Å². The Hall–Kier alpha value is -3.03. The number of H-pyrrole nitrogens is 1. The normalized spacial score (nSPS) is 15.1. The van der Waals surface area contributed by atoms with Gasteiger partial charge in [-0.25, -0.2) is 14.8 Å². The Balaban J connectivity index is 1.52. The van der Waals surface area contributed by atoms with Crippen LogP contribution in [0, 0.1) is 6.92 Å². The number of aromatic nitrogens is 4. The van der Waals surface area contributed by atoms with Crippen molar-refractivity contribution in [1.82, 2.24) is 24.4 Å². The number of nitrogens with one attached hydrogen (secondary N) is 2. The van der Waals surface area contributed by atoms with Crippen molar-refractivity contribution in [3.63, 3.8) is 0 Å². The number of benzene rings is 1. The van der Waals surface area contributed by atoms with Crippen molar-refractivity contribution in [2.75, 3.05) is 25.0 Å². The summed E-state index contributed by atoms with van der Waals surface area (Å²) in [7, 11) is 0. The van der Waals surface area contributed by atoms with E-state index in [-0.39, 0.29) is 12.1 Å².